The van der Waals surface area contributed by atoms with Crippen LogP contribution in [0.5, 0.6) is 0 Å². The molecule has 1 aromatic heterocycles. The molecule has 1 heterocycles. The second-order valence-electron chi connectivity index (χ2n) is 4.72. The lowest BCUT2D eigenvalue weighted by Gasteiger charge is -2.08. The molecule has 0 saturated heterocycles. The average molecular weight is 370 g/mol. The highest BCUT2D eigenvalue weighted by atomic mass is 35.5. The molecule has 0 unspecified atom stereocenters. The first-order valence-electron chi connectivity index (χ1n) is 7.06. The molecule has 2 aromatic rings. The normalized spacial score (nSPS) is 12.0. The molecule has 4 nitrogen and oxygen atoms in total. The molecule has 0 radical (unpaired) electrons. The van der Waals surface area contributed by atoms with Crippen molar-refractivity contribution in [3.8, 4) is 0 Å². The number of benzene rings is 1. The van der Waals surface area contributed by atoms with Crippen LogP contribution in [0, 0.1) is 0 Å². The van der Waals surface area contributed by atoms with Gasteiger partial charge in [0.15, 0.2) is 10.1 Å². The second kappa shape index (κ2) is 8.47. The highest BCUT2D eigenvalue weighted by Gasteiger charge is 2.18. The summed E-state index contributed by atoms with van der Waals surface area (Å²) in [4.78, 5) is 28.2. The monoisotopic (exact) mass is 369 g/mol. The van der Waals surface area contributed by atoms with Gasteiger partial charge in [-0.3, -0.25) is 9.59 Å². The van der Waals surface area contributed by atoms with Gasteiger partial charge in [0, 0.05) is 16.0 Å². The summed E-state index contributed by atoms with van der Waals surface area (Å²) >= 11 is 8.64. The molecule has 0 N–H and O–H groups in total. The van der Waals surface area contributed by atoms with Gasteiger partial charge in [-0.05, 0) is 38.1 Å². The van der Waals surface area contributed by atoms with E-state index in [4.69, 9.17) is 16.3 Å². The molecule has 0 amide bonds. The third kappa shape index (κ3) is 5.34. The van der Waals surface area contributed by atoms with E-state index in [2.05, 4.69) is 4.98 Å². The minimum absolute atomic E-state index is 0.0220. The number of carbonyl (C=O) groups excluding carboxylic acids is 2. The smallest absolute Gasteiger partial charge is 0.311 e. The zero-order valence-corrected chi connectivity index (χ0v) is 15.1. The molecule has 1 aromatic carbocycles. The topological polar surface area (TPSA) is 56.3 Å². The summed E-state index contributed by atoms with van der Waals surface area (Å²) in [5.74, 6) is -0.270. The third-order valence-corrected chi connectivity index (χ3v) is 5.31. The summed E-state index contributed by atoms with van der Waals surface area (Å²) in [7, 11) is 0. The highest BCUT2D eigenvalue weighted by Crippen LogP contribution is 2.29. The maximum Gasteiger partial charge on any atom is 0.311 e. The molecule has 0 spiro atoms. The number of hydrogen-bond donors (Lipinski definition) is 0. The zero-order chi connectivity index (χ0) is 16.8. The van der Waals surface area contributed by atoms with Gasteiger partial charge in [0.25, 0.3) is 0 Å². The Kier molecular flexibility index (Phi) is 6.62. The maximum absolute atomic E-state index is 12.4. The molecule has 2 rings (SSSR count). The van der Waals surface area contributed by atoms with Crippen LogP contribution in [0.2, 0.25) is 5.02 Å². The van der Waals surface area contributed by atoms with E-state index in [0.717, 1.165) is 4.34 Å². The summed E-state index contributed by atoms with van der Waals surface area (Å²) in [5.41, 5.74) is 1.29. The summed E-state index contributed by atoms with van der Waals surface area (Å²) in [6.07, 6.45) is 0.157. The zero-order valence-electron chi connectivity index (χ0n) is 12.7. The molecule has 1 atom stereocenters. The van der Waals surface area contributed by atoms with Crippen molar-refractivity contribution >= 4 is 46.5 Å². The van der Waals surface area contributed by atoms with E-state index in [1.54, 1.807) is 31.2 Å². The molecule has 23 heavy (non-hydrogen) atoms. The second-order valence-corrected chi connectivity index (χ2v) is 7.60. The van der Waals surface area contributed by atoms with Crippen LogP contribution >= 0.6 is 34.7 Å². The van der Waals surface area contributed by atoms with E-state index in [1.165, 1.54) is 23.1 Å². The number of Topliss-reactive ketones (excluding diaryl/α,β-unsaturated/α-hetero) is 1. The standard InChI is InChI=1S/C16H16ClNO3S2/c1-3-21-14(19)8-13-9-22-16(18-13)23-10(2)15(20)11-4-6-12(17)7-5-11/h4-7,9-10H,3,8H2,1-2H3/t10-/m1/s1. The van der Waals surface area contributed by atoms with Crippen molar-refractivity contribution in [2.24, 2.45) is 0 Å². The van der Waals surface area contributed by atoms with Crippen LogP contribution in [0.3, 0.4) is 0 Å². The number of ether oxygens (including phenoxy) is 1. The summed E-state index contributed by atoms with van der Waals surface area (Å²) in [5, 5.41) is 2.15. The van der Waals surface area contributed by atoms with Crippen molar-refractivity contribution in [3.63, 3.8) is 0 Å². The van der Waals surface area contributed by atoms with Crippen molar-refractivity contribution in [3.05, 3.63) is 45.9 Å². The average Bonchev–Trinajstić information content (AvgIpc) is 2.94. The molecule has 0 saturated carbocycles. The fraction of sp³-hybridized carbons (Fsp3) is 0.312. The molecular weight excluding hydrogens is 354 g/mol. The number of thioether (sulfide) groups is 1. The van der Waals surface area contributed by atoms with Crippen molar-refractivity contribution in [1.29, 1.82) is 0 Å². The maximum atomic E-state index is 12.4. The van der Waals surface area contributed by atoms with Crippen LogP contribution in [0.25, 0.3) is 0 Å². The van der Waals surface area contributed by atoms with Gasteiger partial charge < -0.3 is 4.74 Å². The van der Waals surface area contributed by atoms with Gasteiger partial charge in [-0.15, -0.1) is 11.3 Å². The Morgan fingerprint density at radius 3 is 2.70 bits per heavy atom. The quantitative estimate of drug-likeness (QED) is 0.414. The van der Waals surface area contributed by atoms with Crippen LogP contribution < -0.4 is 0 Å². The molecule has 0 aliphatic carbocycles. The summed E-state index contributed by atoms with van der Waals surface area (Å²) < 4.78 is 5.66. The number of hydrogen-bond acceptors (Lipinski definition) is 6. The summed E-state index contributed by atoms with van der Waals surface area (Å²) in [6.45, 7) is 3.97. The first-order valence-corrected chi connectivity index (χ1v) is 9.19. The number of halogens is 1. The van der Waals surface area contributed by atoms with E-state index in [9.17, 15) is 9.59 Å². The number of nitrogens with zero attached hydrogens (tertiary/aromatic N) is 1. The van der Waals surface area contributed by atoms with E-state index in [-0.39, 0.29) is 23.4 Å². The highest BCUT2D eigenvalue weighted by molar-refractivity contribution is 8.02. The molecule has 0 aliphatic rings. The Bertz CT molecular complexity index is 685. The van der Waals surface area contributed by atoms with Gasteiger partial charge in [-0.2, -0.15) is 0 Å². The predicted molar refractivity (Wildman–Crippen MR) is 93.6 cm³/mol. The van der Waals surface area contributed by atoms with Gasteiger partial charge in [-0.25, -0.2) is 4.98 Å². The number of esters is 1. The number of carbonyl (C=O) groups is 2. The van der Waals surface area contributed by atoms with Crippen LogP contribution in [-0.2, 0) is 16.0 Å². The lowest BCUT2D eigenvalue weighted by atomic mass is 10.1. The Balaban J connectivity index is 1.96. The number of rotatable bonds is 7. The number of ketones is 1. The first kappa shape index (κ1) is 18.0. The molecule has 7 heteroatoms. The van der Waals surface area contributed by atoms with E-state index in [0.29, 0.717) is 22.9 Å². The molecular formula is C16H16ClNO3S2. The van der Waals surface area contributed by atoms with Crippen LogP contribution in [0.1, 0.15) is 29.9 Å². The Labute approximate surface area is 148 Å². The third-order valence-electron chi connectivity index (χ3n) is 2.94. The van der Waals surface area contributed by atoms with E-state index < -0.39 is 0 Å². The van der Waals surface area contributed by atoms with Crippen molar-refractivity contribution < 1.29 is 14.3 Å². The SMILES string of the molecule is CCOC(=O)Cc1csc(S[C@H](C)C(=O)c2ccc(Cl)cc2)n1. The predicted octanol–water partition coefficient (Wildman–Crippen LogP) is 4.27. The number of aromatic nitrogens is 1. The molecule has 0 aliphatic heterocycles. The van der Waals surface area contributed by atoms with Crippen LogP contribution in [0.4, 0.5) is 0 Å². The molecule has 0 bridgehead atoms. The molecule has 122 valence electrons. The fourth-order valence-electron chi connectivity index (χ4n) is 1.84. The van der Waals surface area contributed by atoms with Crippen LogP contribution in [-0.4, -0.2) is 28.6 Å². The lowest BCUT2D eigenvalue weighted by Crippen LogP contribution is -2.13. The molecule has 0 fully saturated rings. The minimum Gasteiger partial charge on any atom is -0.466 e. The van der Waals surface area contributed by atoms with Gasteiger partial charge >= 0.3 is 5.97 Å². The largest absolute Gasteiger partial charge is 0.466 e. The van der Waals surface area contributed by atoms with Gasteiger partial charge in [0.1, 0.15) is 0 Å². The van der Waals surface area contributed by atoms with E-state index >= 15 is 0 Å². The fourth-order valence-corrected chi connectivity index (χ4v) is 4.02. The van der Waals surface area contributed by atoms with Gasteiger partial charge in [0.05, 0.1) is 24.0 Å². The van der Waals surface area contributed by atoms with Gasteiger partial charge in [0.2, 0.25) is 0 Å². The summed E-state index contributed by atoms with van der Waals surface area (Å²) in [6, 6.07) is 6.84. The Hall–Kier alpha value is -1.37. The van der Waals surface area contributed by atoms with Crippen LogP contribution in [0.15, 0.2) is 34.0 Å². The van der Waals surface area contributed by atoms with Crippen molar-refractivity contribution in [1.82, 2.24) is 4.98 Å². The Morgan fingerprint density at radius 1 is 1.35 bits per heavy atom. The Morgan fingerprint density at radius 2 is 2.04 bits per heavy atom. The van der Waals surface area contributed by atoms with E-state index in [1.807, 2.05) is 12.3 Å². The van der Waals surface area contributed by atoms with Gasteiger partial charge in [-0.1, -0.05) is 23.4 Å². The van der Waals surface area contributed by atoms with Crippen molar-refractivity contribution in [2.45, 2.75) is 29.9 Å². The minimum atomic E-state index is -0.292. The lowest BCUT2D eigenvalue weighted by molar-refractivity contribution is -0.142. The first-order chi connectivity index (χ1) is 11.0. The number of thiazole rings is 1. The van der Waals surface area contributed by atoms with Crippen molar-refractivity contribution in [2.75, 3.05) is 6.61 Å².